The first-order valence-electron chi connectivity index (χ1n) is 11.4. The summed E-state index contributed by atoms with van der Waals surface area (Å²) in [7, 11) is 0. The van der Waals surface area contributed by atoms with Gasteiger partial charge >= 0.3 is 59.7 Å². The molecule has 0 spiro atoms. The number of hydrogen-bond acceptors (Lipinski definition) is 11. The summed E-state index contributed by atoms with van der Waals surface area (Å²) in [5.74, 6) is -35.2. The van der Waals surface area contributed by atoms with E-state index in [0.717, 1.165) is 0 Å². The summed E-state index contributed by atoms with van der Waals surface area (Å²) < 4.78 is 4.42. The number of hydrogen-bond donors (Lipinski definition) is 8. The van der Waals surface area contributed by atoms with Crippen molar-refractivity contribution in [3.8, 4) is 0 Å². The Hall–Kier alpha value is -5.10. The van der Waals surface area contributed by atoms with Crippen LogP contribution >= 0.6 is 0 Å². The molecule has 19 heteroatoms. The summed E-state index contributed by atoms with van der Waals surface area (Å²) in [4.78, 5) is 122. The van der Waals surface area contributed by atoms with Crippen LogP contribution in [0, 0.1) is 46.3 Å². The molecule has 2 saturated carbocycles. The Balaban J connectivity index is 2.69. The number of carbonyl (C=O) groups excluding carboxylic acids is 2. The Labute approximate surface area is 225 Å². The van der Waals surface area contributed by atoms with Gasteiger partial charge in [-0.25, -0.2) is 0 Å². The minimum Gasteiger partial charge on any atom is -0.481 e. The smallest absolute Gasteiger partial charge is 0.332 e. The molecule has 0 radical (unpaired) electrons. The van der Waals surface area contributed by atoms with E-state index < -0.39 is 132 Å². The molecule has 0 aromatic rings. The summed E-state index contributed by atoms with van der Waals surface area (Å²) in [6.07, 6.45) is -5.70. The fourth-order valence-corrected chi connectivity index (χ4v) is 5.55. The number of esters is 2. The maximum atomic E-state index is 13.2. The molecule has 0 heterocycles. The molecule has 0 amide bonds. The van der Waals surface area contributed by atoms with Crippen LogP contribution in [0.1, 0.15) is 25.7 Å². The predicted octanol–water partition coefficient (Wildman–Crippen LogP) is -2.01. The molecule has 2 aliphatic carbocycles. The van der Waals surface area contributed by atoms with Gasteiger partial charge in [0, 0.05) is 0 Å². The number of rotatable bonds is 10. The lowest BCUT2D eigenvalue weighted by atomic mass is 9.58. The van der Waals surface area contributed by atoms with Crippen molar-refractivity contribution in [3.05, 3.63) is 0 Å². The van der Waals surface area contributed by atoms with Gasteiger partial charge in [-0.2, -0.15) is 0 Å². The normalized spacial score (nSPS) is 33.0. The zero-order chi connectivity index (χ0) is 31.8. The quantitative estimate of drug-likeness (QED) is 0.101. The molecule has 8 N–H and O–H groups in total. The standard InChI is InChI=1S/C22H22O19/c23-11(24)5-1-9(15(31)32)21(17(35)36,3-7(5)13(27)28)19(39)41-20(40)22(18(37)38)4-8(14(29)30)6(12(25)26)2-10(22)16(33)34/h5-10H,1-4H2,(H,23,24)(H,25,26)(H,27,28)(H,29,30)(H,31,32)(H,33,34)(H,35,36)(H,37,38). The first-order chi connectivity index (χ1) is 18.8. The third-order valence-corrected chi connectivity index (χ3v) is 7.77. The monoisotopic (exact) mass is 590 g/mol. The van der Waals surface area contributed by atoms with Gasteiger partial charge in [-0.05, 0) is 25.7 Å². The highest BCUT2D eigenvalue weighted by Crippen LogP contribution is 2.51. The molecule has 8 unspecified atom stereocenters. The Morgan fingerprint density at radius 2 is 0.707 bits per heavy atom. The maximum Gasteiger partial charge on any atom is 0.332 e. The highest BCUT2D eigenvalue weighted by atomic mass is 16.6. The molecular formula is C22H22O19. The van der Waals surface area contributed by atoms with Crippen molar-refractivity contribution in [1.29, 1.82) is 0 Å². The molecule has 2 rings (SSSR count). The van der Waals surface area contributed by atoms with E-state index in [1.54, 1.807) is 0 Å². The van der Waals surface area contributed by atoms with Crippen LogP contribution in [-0.2, 0) is 52.7 Å². The summed E-state index contributed by atoms with van der Waals surface area (Å²) in [6.45, 7) is 0. The lowest BCUT2D eigenvalue weighted by Crippen LogP contribution is -2.60. The molecule has 0 aromatic carbocycles. The van der Waals surface area contributed by atoms with Gasteiger partial charge in [-0.1, -0.05) is 0 Å². The number of carboxylic acid groups (broad SMARTS) is 8. The second-order valence-corrected chi connectivity index (χ2v) is 9.67. The summed E-state index contributed by atoms with van der Waals surface area (Å²) >= 11 is 0. The molecule has 8 atom stereocenters. The van der Waals surface area contributed by atoms with Gasteiger partial charge in [0.1, 0.15) is 0 Å². The third-order valence-electron chi connectivity index (χ3n) is 7.77. The summed E-state index contributed by atoms with van der Waals surface area (Å²) in [5.41, 5.74) is -7.03. The Morgan fingerprint density at radius 3 is 0.902 bits per heavy atom. The number of ether oxygens (including phenoxy) is 1. The molecule has 0 aromatic heterocycles. The fourth-order valence-electron chi connectivity index (χ4n) is 5.55. The number of carboxylic acids is 8. The third kappa shape index (κ3) is 5.24. The molecule has 19 nitrogen and oxygen atoms in total. The van der Waals surface area contributed by atoms with Crippen molar-refractivity contribution in [2.45, 2.75) is 25.7 Å². The van der Waals surface area contributed by atoms with Crippen molar-refractivity contribution < 1.29 is 93.5 Å². The average molecular weight is 590 g/mol. The summed E-state index contributed by atoms with van der Waals surface area (Å²) in [6, 6.07) is 0. The predicted molar refractivity (Wildman–Crippen MR) is 116 cm³/mol. The van der Waals surface area contributed by atoms with Gasteiger partial charge in [-0.3, -0.25) is 47.9 Å². The van der Waals surface area contributed by atoms with Gasteiger partial charge in [0.15, 0.2) is 10.8 Å². The van der Waals surface area contributed by atoms with Crippen LogP contribution in [-0.4, -0.2) is 101 Å². The van der Waals surface area contributed by atoms with Crippen LogP contribution in [0.5, 0.6) is 0 Å². The van der Waals surface area contributed by atoms with E-state index in [9.17, 15) is 88.8 Å². The van der Waals surface area contributed by atoms with E-state index in [1.807, 2.05) is 0 Å². The highest BCUT2D eigenvalue weighted by Gasteiger charge is 2.68. The minimum absolute atomic E-state index is 1.28. The van der Waals surface area contributed by atoms with E-state index >= 15 is 0 Å². The van der Waals surface area contributed by atoms with Gasteiger partial charge in [0.25, 0.3) is 0 Å². The Morgan fingerprint density at radius 1 is 0.439 bits per heavy atom. The Bertz CT molecular complexity index is 1160. The molecular weight excluding hydrogens is 568 g/mol. The van der Waals surface area contributed by atoms with Crippen LogP contribution in [0.25, 0.3) is 0 Å². The number of aliphatic carboxylic acids is 8. The van der Waals surface area contributed by atoms with Crippen LogP contribution in [0.3, 0.4) is 0 Å². The van der Waals surface area contributed by atoms with Gasteiger partial charge in [0.2, 0.25) is 0 Å². The fraction of sp³-hybridized carbons (Fsp3) is 0.545. The molecule has 41 heavy (non-hydrogen) atoms. The van der Waals surface area contributed by atoms with Crippen molar-refractivity contribution in [2.75, 3.05) is 0 Å². The molecule has 0 bridgehead atoms. The van der Waals surface area contributed by atoms with E-state index in [1.165, 1.54) is 0 Å². The zero-order valence-corrected chi connectivity index (χ0v) is 20.4. The van der Waals surface area contributed by atoms with Crippen molar-refractivity contribution in [1.82, 2.24) is 0 Å². The first-order valence-corrected chi connectivity index (χ1v) is 11.4. The topological polar surface area (TPSA) is 342 Å². The largest absolute Gasteiger partial charge is 0.481 e. The van der Waals surface area contributed by atoms with Crippen molar-refractivity contribution in [2.24, 2.45) is 46.3 Å². The maximum absolute atomic E-state index is 13.2. The van der Waals surface area contributed by atoms with E-state index in [2.05, 4.69) is 4.74 Å². The van der Waals surface area contributed by atoms with E-state index in [4.69, 9.17) is 0 Å². The van der Waals surface area contributed by atoms with Crippen LogP contribution in [0.2, 0.25) is 0 Å². The molecule has 0 saturated heterocycles. The van der Waals surface area contributed by atoms with Crippen molar-refractivity contribution >= 4 is 59.7 Å². The van der Waals surface area contributed by atoms with Crippen molar-refractivity contribution in [3.63, 3.8) is 0 Å². The van der Waals surface area contributed by atoms with Crippen LogP contribution < -0.4 is 0 Å². The zero-order valence-electron chi connectivity index (χ0n) is 20.4. The lowest BCUT2D eigenvalue weighted by Gasteiger charge is -2.43. The SMILES string of the molecule is O=C(O)C1CC(C(=O)O)C(C(=O)O)(C(=O)OC(=O)C2(C(=O)O)CC(C(=O)O)C(C(=O)O)CC2C(=O)O)CC1C(=O)O. The highest BCUT2D eigenvalue weighted by molar-refractivity contribution is 6.11. The lowest BCUT2D eigenvalue weighted by molar-refractivity contribution is -0.201. The molecule has 224 valence electrons. The number of carbonyl (C=O) groups is 10. The molecule has 0 aliphatic heterocycles. The first kappa shape index (κ1) is 32.1. The Kier molecular flexibility index (Phi) is 8.76. The van der Waals surface area contributed by atoms with Gasteiger partial charge in [-0.15, -0.1) is 0 Å². The van der Waals surface area contributed by atoms with E-state index in [0.29, 0.717) is 0 Å². The van der Waals surface area contributed by atoms with E-state index in [-0.39, 0.29) is 0 Å². The molecule has 2 fully saturated rings. The second-order valence-electron chi connectivity index (χ2n) is 9.67. The van der Waals surface area contributed by atoms with Crippen LogP contribution in [0.15, 0.2) is 0 Å². The summed E-state index contributed by atoms with van der Waals surface area (Å²) in [5, 5.41) is 76.6. The van der Waals surface area contributed by atoms with Gasteiger partial charge < -0.3 is 45.6 Å². The minimum atomic E-state index is -3.51. The second kappa shape index (κ2) is 11.2. The molecule has 2 aliphatic rings. The van der Waals surface area contributed by atoms with Crippen LogP contribution in [0.4, 0.5) is 0 Å². The average Bonchev–Trinajstić information content (AvgIpc) is 2.85. The van der Waals surface area contributed by atoms with Gasteiger partial charge in [0.05, 0.1) is 35.5 Å².